The Morgan fingerprint density at radius 3 is 2.85 bits per heavy atom. The summed E-state index contributed by atoms with van der Waals surface area (Å²) in [6, 6.07) is 7.81. The topological polar surface area (TPSA) is 59.5 Å². The van der Waals surface area contributed by atoms with E-state index in [2.05, 4.69) is 0 Å². The lowest BCUT2D eigenvalue weighted by atomic mass is 10.2. The highest BCUT2D eigenvalue weighted by atomic mass is 32.1. The zero-order chi connectivity index (χ0) is 14.4. The van der Waals surface area contributed by atoms with E-state index in [1.54, 1.807) is 17.6 Å². The van der Waals surface area contributed by atoms with E-state index in [1.165, 1.54) is 4.88 Å². The smallest absolute Gasteiger partial charge is 0.223 e. The summed E-state index contributed by atoms with van der Waals surface area (Å²) >= 11 is 1.66. The average molecular weight is 292 g/mol. The Labute approximate surface area is 123 Å². The second kappa shape index (κ2) is 7.26. The van der Waals surface area contributed by atoms with Gasteiger partial charge in [0.1, 0.15) is 5.76 Å². The van der Waals surface area contributed by atoms with Gasteiger partial charge in [0, 0.05) is 17.3 Å². The Morgan fingerprint density at radius 1 is 1.40 bits per heavy atom. The maximum atomic E-state index is 12.3. The molecule has 0 aromatic carbocycles. The number of furan rings is 1. The molecule has 0 bridgehead atoms. The van der Waals surface area contributed by atoms with Crippen molar-refractivity contribution in [1.29, 1.82) is 0 Å². The zero-order valence-electron chi connectivity index (χ0n) is 11.6. The predicted octanol–water partition coefficient (Wildman–Crippen LogP) is 3.00. The highest BCUT2D eigenvalue weighted by Crippen LogP contribution is 2.16. The number of carbonyl (C=O) groups is 1. The molecule has 108 valence electrons. The molecule has 0 aliphatic rings. The van der Waals surface area contributed by atoms with Gasteiger partial charge in [-0.1, -0.05) is 6.07 Å². The normalized spacial score (nSPS) is 12.3. The summed E-state index contributed by atoms with van der Waals surface area (Å²) in [6.07, 6.45) is 2.81. The van der Waals surface area contributed by atoms with Crippen LogP contribution in [0.15, 0.2) is 40.3 Å². The van der Waals surface area contributed by atoms with E-state index < -0.39 is 0 Å². The van der Waals surface area contributed by atoms with Crippen LogP contribution in [0.25, 0.3) is 0 Å². The third-order valence-electron chi connectivity index (χ3n) is 3.02. The monoisotopic (exact) mass is 292 g/mol. The highest BCUT2D eigenvalue weighted by molar-refractivity contribution is 7.09. The Hall–Kier alpha value is -1.59. The first-order chi connectivity index (χ1) is 9.65. The van der Waals surface area contributed by atoms with Crippen molar-refractivity contribution < 1.29 is 9.21 Å². The van der Waals surface area contributed by atoms with Crippen LogP contribution in [-0.4, -0.2) is 16.8 Å². The van der Waals surface area contributed by atoms with Gasteiger partial charge in [0.05, 0.1) is 19.4 Å². The van der Waals surface area contributed by atoms with Crippen molar-refractivity contribution >= 4 is 17.2 Å². The van der Waals surface area contributed by atoms with Gasteiger partial charge in [0.15, 0.2) is 0 Å². The number of nitrogens with two attached hydrogens (primary N) is 1. The molecule has 1 atom stereocenters. The van der Waals surface area contributed by atoms with Crippen molar-refractivity contribution in [3.05, 3.63) is 46.5 Å². The van der Waals surface area contributed by atoms with Crippen molar-refractivity contribution in [2.75, 3.05) is 0 Å². The molecule has 20 heavy (non-hydrogen) atoms. The van der Waals surface area contributed by atoms with Crippen LogP contribution in [0.5, 0.6) is 0 Å². The zero-order valence-corrected chi connectivity index (χ0v) is 12.4. The van der Waals surface area contributed by atoms with E-state index >= 15 is 0 Å². The van der Waals surface area contributed by atoms with E-state index in [1.807, 2.05) is 41.5 Å². The van der Waals surface area contributed by atoms with Crippen LogP contribution in [0, 0.1) is 0 Å². The summed E-state index contributed by atoms with van der Waals surface area (Å²) in [5.74, 6) is 0.919. The molecule has 2 aromatic heterocycles. The van der Waals surface area contributed by atoms with Gasteiger partial charge < -0.3 is 15.1 Å². The van der Waals surface area contributed by atoms with Crippen LogP contribution in [0.4, 0.5) is 0 Å². The number of hydrogen-bond donors (Lipinski definition) is 1. The first kappa shape index (κ1) is 14.8. The summed E-state index contributed by atoms with van der Waals surface area (Å²) in [4.78, 5) is 15.3. The SMILES string of the molecule is CC(N)CCC(=O)N(Cc1ccco1)Cc1cccs1. The summed E-state index contributed by atoms with van der Waals surface area (Å²) in [5.41, 5.74) is 5.73. The number of carbonyl (C=O) groups excluding carboxylic acids is 1. The molecule has 0 aliphatic carbocycles. The van der Waals surface area contributed by atoms with Crippen molar-refractivity contribution in [2.24, 2.45) is 5.73 Å². The molecule has 2 N–H and O–H groups in total. The van der Waals surface area contributed by atoms with Crippen LogP contribution < -0.4 is 5.73 Å². The third-order valence-corrected chi connectivity index (χ3v) is 3.88. The molecule has 2 heterocycles. The maximum Gasteiger partial charge on any atom is 0.223 e. The molecule has 0 saturated heterocycles. The van der Waals surface area contributed by atoms with E-state index in [-0.39, 0.29) is 11.9 Å². The minimum atomic E-state index is 0.0474. The molecule has 0 radical (unpaired) electrons. The van der Waals surface area contributed by atoms with Crippen molar-refractivity contribution in [3.63, 3.8) is 0 Å². The maximum absolute atomic E-state index is 12.3. The summed E-state index contributed by atoms with van der Waals surface area (Å²) in [7, 11) is 0. The fourth-order valence-corrected chi connectivity index (χ4v) is 2.64. The van der Waals surface area contributed by atoms with Crippen molar-refractivity contribution in [1.82, 2.24) is 4.90 Å². The number of amides is 1. The summed E-state index contributed by atoms with van der Waals surface area (Å²) in [6.45, 7) is 3.04. The number of hydrogen-bond acceptors (Lipinski definition) is 4. The van der Waals surface area contributed by atoms with Gasteiger partial charge in [-0.05, 0) is 36.9 Å². The Balaban J connectivity index is 2.00. The van der Waals surface area contributed by atoms with Crippen LogP contribution in [0.3, 0.4) is 0 Å². The first-order valence-corrected chi connectivity index (χ1v) is 7.61. The van der Waals surface area contributed by atoms with E-state index in [9.17, 15) is 4.79 Å². The molecular formula is C15H20N2O2S. The molecule has 2 rings (SSSR count). The van der Waals surface area contributed by atoms with Gasteiger partial charge in [-0.25, -0.2) is 0 Å². The van der Waals surface area contributed by atoms with Crippen LogP contribution in [-0.2, 0) is 17.9 Å². The first-order valence-electron chi connectivity index (χ1n) is 6.73. The lowest BCUT2D eigenvalue weighted by Gasteiger charge is -2.21. The molecule has 1 amide bonds. The summed E-state index contributed by atoms with van der Waals surface area (Å²) < 4.78 is 5.34. The fourth-order valence-electron chi connectivity index (χ4n) is 1.92. The molecule has 0 aliphatic heterocycles. The minimum absolute atomic E-state index is 0.0474. The Morgan fingerprint density at radius 2 is 2.25 bits per heavy atom. The van der Waals surface area contributed by atoms with Crippen LogP contribution in [0.1, 0.15) is 30.4 Å². The Bertz CT molecular complexity index is 470. The van der Waals surface area contributed by atoms with E-state index in [0.717, 1.165) is 5.76 Å². The van der Waals surface area contributed by atoms with Gasteiger partial charge in [0.2, 0.25) is 5.91 Å². The quantitative estimate of drug-likeness (QED) is 0.853. The highest BCUT2D eigenvalue weighted by Gasteiger charge is 2.16. The molecule has 1 unspecified atom stereocenters. The largest absolute Gasteiger partial charge is 0.467 e. The molecule has 0 spiro atoms. The van der Waals surface area contributed by atoms with Gasteiger partial charge in [-0.3, -0.25) is 4.79 Å². The van der Waals surface area contributed by atoms with Gasteiger partial charge in [-0.2, -0.15) is 0 Å². The second-order valence-electron chi connectivity index (χ2n) is 4.92. The number of nitrogens with zero attached hydrogens (tertiary/aromatic N) is 1. The van der Waals surface area contributed by atoms with Crippen molar-refractivity contribution in [3.8, 4) is 0 Å². The fraction of sp³-hybridized carbons (Fsp3) is 0.400. The second-order valence-corrected chi connectivity index (χ2v) is 5.96. The summed E-state index contributed by atoms with van der Waals surface area (Å²) in [5, 5.41) is 2.02. The van der Waals surface area contributed by atoms with Crippen LogP contribution in [0.2, 0.25) is 0 Å². The standard InChI is InChI=1S/C15H20N2O2S/c1-12(16)6-7-15(18)17(10-13-4-2-8-19-13)11-14-5-3-9-20-14/h2-5,8-9,12H,6-7,10-11,16H2,1H3. The van der Waals surface area contributed by atoms with Gasteiger partial charge >= 0.3 is 0 Å². The van der Waals surface area contributed by atoms with Crippen LogP contribution >= 0.6 is 11.3 Å². The molecule has 0 fully saturated rings. The van der Waals surface area contributed by atoms with Crippen molar-refractivity contribution in [2.45, 2.75) is 38.9 Å². The molecule has 5 heteroatoms. The van der Waals surface area contributed by atoms with Gasteiger partial charge in [-0.15, -0.1) is 11.3 Å². The van der Waals surface area contributed by atoms with E-state index in [0.29, 0.717) is 25.9 Å². The molecule has 2 aromatic rings. The number of rotatable bonds is 7. The third kappa shape index (κ3) is 4.51. The predicted molar refractivity (Wildman–Crippen MR) is 80.2 cm³/mol. The molecule has 0 saturated carbocycles. The van der Waals surface area contributed by atoms with E-state index in [4.69, 9.17) is 10.2 Å². The molecule has 4 nitrogen and oxygen atoms in total. The number of thiophene rings is 1. The lowest BCUT2D eigenvalue weighted by Crippen LogP contribution is -2.30. The van der Waals surface area contributed by atoms with Gasteiger partial charge in [0.25, 0.3) is 0 Å². The minimum Gasteiger partial charge on any atom is -0.467 e. The Kier molecular flexibility index (Phi) is 5.38. The average Bonchev–Trinajstić information content (AvgIpc) is 3.08. The lowest BCUT2D eigenvalue weighted by molar-refractivity contribution is -0.132. The molecular weight excluding hydrogens is 272 g/mol.